The Labute approximate surface area is 126 Å². The van der Waals surface area contributed by atoms with Gasteiger partial charge in [0.25, 0.3) is 0 Å². The highest BCUT2D eigenvalue weighted by atomic mass is 19.1. The molecule has 1 N–H and O–H groups in total. The van der Waals surface area contributed by atoms with Crippen molar-refractivity contribution < 1.29 is 9.13 Å². The second kappa shape index (κ2) is 6.27. The van der Waals surface area contributed by atoms with Crippen molar-refractivity contribution in [3.63, 3.8) is 0 Å². The lowest BCUT2D eigenvalue weighted by Crippen LogP contribution is -2.35. The first kappa shape index (κ1) is 15.5. The summed E-state index contributed by atoms with van der Waals surface area (Å²) in [5.41, 5.74) is 2.10. The molecule has 0 heterocycles. The molecule has 0 aromatic heterocycles. The quantitative estimate of drug-likeness (QED) is 0.895. The molecule has 3 heteroatoms. The largest absolute Gasteiger partial charge is 0.497 e. The lowest BCUT2D eigenvalue weighted by molar-refractivity contribution is 0.367. The van der Waals surface area contributed by atoms with Crippen LogP contribution in [0, 0.1) is 5.82 Å². The normalized spacial score (nSPS) is 13.0. The summed E-state index contributed by atoms with van der Waals surface area (Å²) in [6.45, 7) is 4.32. The molecular weight excluding hydrogens is 265 g/mol. The SMILES string of the molecule is CNC(c1ccc(OC)cc1)C(C)(C)c1ccc(F)cc1. The number of halogens is 1. The zero-order chi connectivity index (χ0) is 15.5. The van der Waals surface area contributed by atoms with Crippen molar-refractivity contribution in [2.45, 2.75) is 25.3 Å². The molecule has 0 aliphatic rings. The molecule has 2 nitrogen and oxygen atoms in total. The van der Waals surface area contributed by atoms with Gasteiger partial charge in [0, 0.05) is 11.5 Å². The Kier molecular flexibility index (Phi) is 4.63. The van der Waals surface area contributed by atoms with Gasteiger partial charge < -0.3 is 10.1 Å². The molecule has 0 aliphatic carbocycles. The van der Waals surface area contributed by atoms with E-state index < -0.39 is 0 Å². The molecule has 2 aromatic rings. The van der Waals surface area contributed by atoms with E-state index in [1.54, 1.807) is 7.11 Å². The van der Waals surface area contributed by atoms with Crippen molar-refractivity contribution in [1.29, 1.82) is 0 Å². The van der Waals surface area contributed by atoms with E-state index in [1.165, 1.54) is 17.7 Å². The summed E-state index contributed by atoms with van der Waals surface area (Å²) in [4.78, 5) is 0. The molecule has 0 radical (unpaired) electrons. The fraction of sp³-hybridized carbons (Fsp3) is 0.333. The van der Waals surface area contributed by atoms with Crippen molar-refractivity contribution in [2.75, 3.05) is 14.2 Å². The Morgan fingerprint density at radius 2 is 1.57 bits per heavy atom. The average Bonchev–Trinajstić information content (AvgIpc) is 2.49. The summed E-state index contributed by atoms with van der Waals surface area (Å²) < 4.78 is 18.3. The first-order chi connectivity index (χ1) is 9.98. The molecule has 1 unspecified atom stereocenters. The molecule has 0 saturated carbocycles. The first-order valence-electron chi connectivity index (χ1n) is 7.06. The van der Waals surface area contributed by atoms with Crippen LogP contribution >= 0.6 is 0 Å². The summed E-state index contributed by atoms with van der Waals surface area (Å²) in [5, 5.41) is 3.37. The Hall–Kier alpha value is -1.87. The number of hydrogen-bond donors (Lipinski definition) is 1. The fourth-order valence-corrected chi connectivity index (χ4v) is 2.79. The fourth-order valence-electron chi connectivity index (χ4n) is 2.79. The highest BCUT2D eigenvalue weighted by Gasteiger charge is 2.31. The molecule has 0 fully saturated rings. The summed E-state index contributed by atoms with van der Waals surface area (Å²) in [6, 6.07) is 14.9. The van der Waals surface area contributed by atoms with Crippen LogP contribution in [0.4, 0.5) is 4.39 Å². The van der Waals surface area contributed by atoms with Gasteiger partial charge in [-0.15, -0.1) is 0 Å². The molecule has 21 heavy (non-hydrogen) atoms. The minimum atomic E-state index is -0.208. The smallest absolute Gasteiger partial charge is 0.123 e. The molecule has 112 valence electrons. The van der Waals surface area contributed by atoms with Crippen molar-refractivity contribution in [3.05, 3.63) is 65.5 Å². The number of nitrogens with one attached hydrogen (secondary N) is 1. The highest BCUT2D eigenvalue weighted by molar-refractivity contribution is 5.35. The van der Waals surface area contributed by atoms with Gasteiger partial charge in [-0.1, -0.05) is 38.1 Å². The molecule has 0 aliphatic heterocycles. The Bertz CT molecular complexity index is 575. The van der Waals surface area contributed by atoms with Crippen molar-refractivity contribution >= 4 is 0 Å². The van der Waals surface area contributed by atoms with Gasteiger partial charge in [0.1, 0.15) is 11.6 Å². The van der Waals surface area contributed by atoms with E-state index in [2.05, 4.69) is 31.3 Å². The predicted molar refractivity (Wildman–Crippen MR) is 84.2 cm³/mol. The molecule has 2 rings (SSSR count). The van der Waals surface area contributed by atoms with Gasteiger partial charge in [0.15, 0.2) is 0 Å². The average molecular weight is 287 g/mol. The zero-order valence-corrected chi connectivity index (χ0v) is 13.0. The number of benzene rings is 2. The van der Waals surface area contributed by atoms with Gasteiger partial charge in [0.05, 0.1) is 7.11 Å². The van der Waals surface area contributed by atoms with Gasteiger partial charge >= 0.3 is 0 Å². The molecule has 0 saturated heterocycles. The number of hydrogen-bond acceptors (Lipinski definition) is 2. The van der Waals surface area contributed by atoms with Crippen LogP contribution in [0.2, 0.25) is 0 Å². The summed E-state index contributed by atoms with van der Waals surface area (Å²) >= 11 is 0. The number of methoxy groups -OCH3 is 1. The van der Waals surface area contributed by atoms with Crippen LogP contribution < -0.4 is 10.1 Å². The molecule has 0 amide bonds. The van der Waals surface area contributed by atoms with Crippen LogP contribution in [0.15, 0.2) is 48.5 Å². The summed E-state index contributed by atoms with van der Waals surface area (Å²) in [5.74, 6) is 0.633. The number of ether oxygens (including phenoxy) is 1. The number of likely N-dealkylation sites (N-methyl/N-ethyl adjacent to an activating group) is 1. The Balaban J connectivity index is 2.35. The second-order valence-corrected chi connectivity index (χ2v) is 5.72. The molecule has 1 atom stereocenters. The van der Waals surface area contributed by atoms with Crippen molar-refractivity contribution in [2.24, 2.45) is 0 Å². The predicted octanol–water partition coefficient (Wildman–Crippen LogP) is 4.07. The van der Waals surface area contributed by atoms with E-state index in [9.17, 15) is 4.39 Å². The topological polar surface area (TPSA) is 21.3 Å². The van der Waals surface area contributed by atoms with Crippen molar-refractivity contribution in [3.8, 4) is 5.75 Å². The second-order valence-electron chi connectivity index (χ2n) is 5.72. The van der Waals surface area contributed by atoms with Crippen LogP contribution in [0.25, 0.3) is 0 Å². The molecular formula is C18H22FNO. The van der Waals surface area contributed by atoms with E-state index in [4.69, 9.17) is 4.74 Å². The minimum absolute atomic E-state index is 0.119. The van der Waals surface area contributed by atoms with Gasteiger partial charge in [-0.2, -0.15) is 0 Å². The van der Waals surface area contributed by atoms with Gasteiger partial charge in [-0.3, -0.25) is 0 Å². The third-order valence-corrected chi connectivity index (χ3v) is 4.05. The number of rotatable bonds is 5. The Morgan fingerprint density at radius 3 is 2.05 bits per heavy atom. The van der Waals surface area contributed by atoms with Crippen LogP contribution in [0.3, 0.4) is 0 Å². The van der Waals surface area contributed by atoms with Crippen LogP contribution in [0.1, 0.15) is 31.0 Å². The summed E-state index contributed by atoms with van der Waals surface area (Å²) in [7, 11) is 3.60. The summed E-state index contributed by atoms with van der Waals surface area (Å²) in [6.07, 6.45) is 0. The molecule has 0 spiro atoms. The zero-order valence-electron chi connectivity index (χ0n) is 13.0. The van der Waals surface area contributed by atoms with E-state index >= 15 is 0 Å². The monoisotopic (exact) mass is 287 g/mol. The maximum atomic E-state index is 13.1. The molecule has 0 bridgehead atoms. The standard InChI is InChI=1S/C18H22FNO/c1-18(2,14-7-9-15(19)10-8-14)17(20-3)13-5-11-16(21-4)12-6-13/h5-12,17,20H,1-4H3. The van der Waals surface area contributed by atoms with Crippen LogP contribution in [0.5, 0.6) is 5.75 Å². The third kappa shape index (κ3) is 3.24. The van der Waals surface area contributed by atoms with Gasteiger partial charge in [0.2, 0.25) is 0 Å². The van der Waals surface area contributed by atoms with E-state index in [0.717, 1.165) is 11.3 Å². The highest BCUT2D eigenvalue weighted by Crippen LogP contribution is 2.37. The lowest BCUT2D eigenvalue weighted by atomic mass is 9.75. The lowest BCUT2D eigenvalue weighted by Gasteiger charge is -2.35. The molecule has 2 aromatic carbocycles. The van der Waals surface area contributed by atoms with Gasteiger partial charge in [-0.05, 0) is 42.4 Å². The maximum absolute atomic E-state index is 13.1. The van der Waals surface area contributed by atoms with Gasteiger partial charge in [-0.25, -0.2) is 4.39 Å². The Morgan fingerprint density at radius 1 is 1.00 bits per heavy atom. The van der Waals surface area contributed by atoms with E-state index in [0.29, 0.717) is 0 Å². The van der Waals surface area contributed by atoms with Crippen LogP contribution in [-0.4, -0.2) is 14.2 Å². The minimum Gasteiger partial charge on any atom is -0.497 e. The first-order valence-corrected chi connectivity index (χ1v) is 7.06. The third-order valence-electron chi connectivity index (χ3n) is 4.05. The maximum Gasteiger partial charge on any atom is 0.123 e. The van der Waals surface area contributed by atoms with Crippen molar-refractivity contribution in [1.82, 2.24) is 5.32 Å². The van der Waals surface area contributed by atoms with E-state index in [-0.39, 0.29) is 17.3 Å². The van der Waals surface area contributed by atoms with E-state index in [1.807, 2.05) is 31.3 Å². The van der Waals surface area contributed by atoms with Crippen LogP contribution in [-0.2, 0) is 5.41 Å².